The standard InChI is InChI=1S/C10H13NO4/c1-15-10(12)8-5-3-2-4-6-9(7-8)11(13)14/h8-9H,2,4,6-7H2,1H3. The molecule has 2 unspecified atom stereocenters. The van der Waals surface area contributed by atoms with Gasteiger partial charge in [-0.3, -0.25) is 14.9 Å². The zero-order chi connectivity index (χ0) is 11.3. The van der Waals surface area contributed by atoms with Gasteiger partial charge in [0.2, 0.25) is 6.04 Å². The maximum atomic E-state index is 11.3. The Labute approximate surface area is 87.9 Å². The Morgan fingerprint density at radius 2 is 2.33 bits per heavy atom. The molecule has 0 bridgehead atoms. The summed E-state index contributed by atoms with van der Waals surface area (Å²) < 4.78 is 4.55. The van der Waals surface area contributed by atoms with Crippen molar-refractivity contribution in [3.05, 3.63) is 10.1 Å². The number of hydrogen-bond acceptors (Lipinski definition) is 4. The van der Waals surface area contributed by atoms with Crippen molar-refractivity contribution >= 4 is 5.97 Å². The Kier molecular flexibility index (Phi) is 4.10. The molecule has 15 heavy (non-hydrogen) atoms. The SMILES string of the molecule is COC(=O)C1C#CCCCC([N+](=O)[O-])C1. The van der Waals surface area contributed by atoms with Crippen molar-refractivity contribution < 1.29 is 14.5 Å². The lowest BCUT2D eigenvalue weighted by atomic mass is 9.94. The van der Waals surface area contributed by atoms with Crippen LogP contribution in [0.5, 0.6) is 0 Å². The Hall–Kier alpha value is -1.57. The van der Waals surface area contributed by atoms with Crippen molar-refractivity contribution in [3.63, 3.8) is 0 Å². The molecule has 0 aromatic carbocycles. The summed E-state index contributed by atoms with van der Waals surface area (Å²) in [6.45, 7) is 0. The van der Waals surface area contributed by atoms with E-state index in [-0.39, 0.29) is 11.3 Å². The van der Waals surface area contributed by atoms with E-state index >= 15 is 0 Å². The van der Waals surface area contributed by atoms with Crippen molar-refractivity contribution in [1.29, 1.82) is 0 Å². The number of rotatable bonds is 2. The molecule has 0 fully saturated rings. The summed E-state index contributed by atoms with van der Waals surface area (Å²) in [5.41, 5.74) is 0. The summed E-state index contributed by atoms with van der Waals surface area (Å²) in [7, 11) is 1.27. The lowest BCUT2D eigenvalue weighted by Crippen LogP contribution is -2.27. The van der Waals surface area contributed by atoms with Gasteiger partial charge in [-0.15, -0.1) is 5.92 Å². The topological polar surface area (TPSA) is 69.4 Å². The molecule has 82 valence electrons. The van der Waals surface area contributed by atoms with E-state index in [4.69, 9.17) is 0 Å². The summed E-state index contributed by atoms with van der Waals surface area (Å²) in [6, 6.07) is -0.677. The third-order valence-corrected chi connectivity index (χ3v) is 2.41. The van der Waals surface area contributed by atoms with Gasteiger partial charge in [0.1, 0.15) is 5.92 Å². The first-order valence-corrected chi connectivity index (χ1v) is 4.85. The molecule has 1 aliphatic rings. The van der Waals surface area contributed by atoms with E-state index in [1.807, 2.05) is 0 Å². The first-order chi connectivity index (χ1) is 7.15. The summed E-state index contributed by atoms with van der Waals surface area (Å²) in [5, 5.41) is 10.7. The number of carbonyl (C=O) groups is 1. The van der Waals surface area contributed by atoms with Crippen LogP contribution < -0.4 is 0 Å². The number of carbonyl (C=O) groups excluding carboxylic acids is 1. The first-order valence-electron chi connectivity index (χ1n) is 4.85. The van der Waals surface area contributed by atoms with E-state index in [9.17, 15) is 14.9 Å². The van der Waals surface area contributed by atoms with E-state index in [0.29, 0.717) is 19.3 Å². The fraction of sp³-hybridized carbons (Fsp3) is 0.700. The molecule has 5 heteroatoms. The van der Waals surface area contributed by atoms with Crippen LogP contribution in [-0.4, -0.2) is 24.0 Å². The van der Waals surface area contributed by atoms with Gasteiger partial charge in [0.15, 0.2) is 0 Å². The van der Waals surface area contributed by atoms with Gasteiger partial charge >= 0.3 is 5.97 Å². The number of hydrogen-bond donors (Lipinski definition) is 0. The molecular formula is C10H13NO4. The lowest BCUT2D eigenvalue weighted by Gasteiger charge is -2.14. The second-order valence-corrected chi connectivity index (χ2v) is 3.46. The van der Waals surface area contributed by atoms with Crippen molar-refractivity contribution in [3.8, 4) is 11.8 Å². The van der Waals surface area contributed by atoms with E-state index in [2.05, 4.69) is 16.6 Å². The summed E-state index contributed by atoms with van der Waals surface area (Å²) in [6.07, 6.45) is 1.96. The molecule has 0 saturated heterocycles. The zero-order valence-electron chi connectivity index (χ0n) is 8.56. The van der Waals surface area contributed by atoms with Gasteiger partial charge in [0.25, 0.3) is 0 Å². The molecule has 0 heterocycles. The number of methoxy groups -OCH3 is 1. The highest BCUT2D eigenvalue weighted by molar-refractivity contribution is 5.75. The van der Waals surface area contributed by atoms with Gasteiger partial charge in [0.05, 0.1) is 7.11 Å². The van der Waals surface area contributed by atoms with E-state index in [1.165, 1.54) is 7.11 Å². The first kappa shape index (κ1) is 11.5. The second kappa shape index (κ2) is 5.35. The van der Waals surface area contributed by atoms with Crippen molar-refractivity contribution in [2.45, 2.75) is 31.7 Å². The Balaban J connectivity index is 2.75. The van der Waals surface area contributed by atoms with E-state index in [1.54, 1.807) is 0 Å². The highest BCUT2D eigenvalue weighted by Crippen LogP contribution is 2.17. The minimum absolute atomic E-state index is 0.159. The van der Waals surface area contributed by atoms with Crippen LogP contribution in [0.4, 0.5) is 0 Å². The smallest absolute Gasteiger partial charge is 0.321 e. The van der Waals surface area contributed by atoms with Gasteiger partial charge in [-0.2, -0.15) is 0 Å². The Morgan fingerprint density at radius 1 is 1.60 bits per heavy atom. The van der Waals surface area contributed by atoms with Gasteiger partial charge in [-0.25, -0.2) is 0 Å². The largest absolute Gasteiger partial charge is 0.468 e. The van der Waals surface area contributed by atoms with Gasteiger partial charge in [-0.1, -0.05) is 5.92 Å². The minimum Gasteiger partial charge on any atom is -0.468 e. The van der Waals surface area contributed by atoms with Crippen molar-refractivity contribution in [1.82, 2.24) is 0 Å². The van der Waals surface area contributed by atoms with Gasteiger partial charge in [-0.05, 0) is 6.42 Å². The summed E-state index contributed by atoms with van der Waals surface area (Å²) >= 11 is 0. The Morgan fingerprint density at radius 3 is 2.93 bits per heavy atom. The maximum Gasteiger partial charge on any atom is 0.321 e. The molecule has 0 spiro atoms. The van der Waals surface area contributed by atoms with Crippen molar-refractivity contribution in [2.75, 3.05) is 7.11 Å². The van der Waals surface area contributed by atoms with Crippen LogP contribution in [0.3, 0.4) is 0 Å². The number of nitro groups is 1. The molecular weight excluding hydrogens is 198 g/mol. The molecule has 0 saturated carbocycles. The van der Waals surface area contributed by atoms with Crippen molar-refractivity contribution in [2.24, 2.45) is 5.92 Å². The summed E-state index contributed by atoms with van der Waals surface area (Å²) in [5.74, 6) is 4.44. The molecule has 5 nitrogen and oxygen atoms in total. The van der Waals surface area contributed by atoms with Crippen LogP contribution in [0.2, 0.25) is 0 Å². The van der Waals surface area contributed by atoms with Crippen LogP contribution in [-0.2, 0) is 9.53 Å². The monoisotopic (exact) mass is 211 g/mol. The second-order valence-electron chi connectivity index (χ2n) is 3.46. The van der Waals surface area contributed by atoms with Crippen LogP contribution in [0.25, 0.3) is 0 Å². The molecule has 0 amide bonds. The third kappa shape index (κ3) is 3.24. The summed E-state index contributed by atoms with van der Waals surface area (Å²) in [4.78, 5) is 21.6. The van der Waals surface area contributed by atoms with Crippen LogP contribution >= 0.6 is 0 Å². The average Bonchev–Trinajstić information content (AvgIpc) is 2.16. The number of nitrogens with zero attached hydrogens (tertiary/aromatic N) is 1. The molecule has 1 aliphatic carbocycles. The highest BCUT2D eigenvalue weighted by Gasteiger charge is 2.29. The fourth-order valence-corrected chi connectivity index (χ4v) is 1.56. The maximum absolute atomic E-state index is 11.3. The Bertz CT molecular complexity index is 315. The van der Waals surface area contributed by atoms with E-state index < -0.39 is 17.9 Å². The molecule has 0 aromatic rings. The normalized spacial score (nSPS) is 25.4. The quantitative estimate of drug-likeness (QED) is 0.295. The lowest BCUT2D eigenvalue weighted by molar-refractivity contribution is -0.525. The average molecular weight is 211 g/mol. The van der Waals surface area contributed by atoms with Gasteiger partial charge < -0.3 is 4.74 Å². The van der Waals surface area contributed by atoms with Gasteiger partial charge in [0, 0.05) is 24.2 Å². The molecule has 1 rings (SSSR count). The zero-order valence-corrected chi connectivity index (χ0v) is 8.56. The van der Waals surface area contributed by atoms with E-state index in [0.717, 1.165) is 0 Å². The molecule has 2 atom stereocenters. The predicted molar refractivity (Wildman–Crippen MR) is 52.5 cm³/mol. The molecule has 0 aliphatic heterocycles. The fourth-order valence-electron chi connectivity index (χ4n) is 1.56. The number of ether oxygens (including phenoxy) is 1. The highest BCUT2D eigenvalue weighted by atomic mass is 16.6. The number of esters is 1. The van der Waals surface area contributed by atoms with Crippen LogP contribution in [0, 0.1) is 27.9 Å². The van der Waals surface area contributed by atoms with Crippen LogP contribution in [0.15, 0.2) is 0 Å². The predicted octanol–water partition coefficient (Wildman–Crippen LogP) is 0.998. The molecule has 0 N–H and O–H groups in total. The minimum atomic E-state index is -0.677. The molecule has 0 aromatic heterocycles. The molecule has 0 radical (unpaired) electrons. The van der Waals surface area contributed by atoms with Crippen LogP contribution in [0.1, 0.15) is 25.7 Å². The third-order valence-electron chi connectivity index (χ3n) is 2.41.